The Bertz CT molecular complexity index is 398. The molecule has 0 aromatic carbocycles. The van der Waals surface area contributed by atoms with Gasteiger partial charge in [-0.05, 0) is 25.8 Å². The molecule has 2 aliphatic rings. The minimum Gasteiger partial charge on any atom is -0.338 e. The lowest BCUT2D eigenvalue weighted by atomic mass is 9.80. The standard InChI is InChI=1S/C14H21F3N2O/c1-2-5-13(6-7-18-10-13)12(20)19-8-3-11(4-9-19)14(15,16)17/h3,18H,2,4-10H2,1H3. The highest BCUT2D eigenvalue weighted by molar-refractivity contribution is 5.83. The zero-order valence-corrected chi connectivity index (χ0v) is 11.7. The van der Waals surface area contributed by atoms with Crippen LogP contribution in [0.2, 0.25) is 0 Å². The Morgan fingerprint density at radius 1 is 1.50 bits per heavy atom. The number of nitrogens with one attached hydrogen (secondary N) is 1. The lowest BCUT2D eigenvalue weighted by Gasteiger charge is -2.35. The van der Waals surface area contributed by atoms with E-state index in [9.17, 15) is 18.0 Å². The molecular formula is C14H21F3N2O. The molecule has 6 heteroatoms. The van der Waals surface area contributed by atoms with Crippen LogP contribution in [-0.2, 0) is 4.79 Å². The van der Waals surface area contributed by atoms with E-state index in [0.29, 0.717) is 6.54 Å². The zero-order chi connectivity index (χ0) is 14.8. The van der Waals surface area contributed by atoms with Crippen molar-refractivity contribution < 1.29 is 18.0 Å². The topological polar surface area (TPSA) is 32.3 Å². The van der Waals surface area contributed by atoms with Crippen LogP contribution in [0.3, 0.4) is 0 Å². The third-order valence-electron chi connectivity index (χ3n) is 4.29. The van der Waals surface area contributed by atoms with Crippen molar-refractivity contribution in [3.63, 3.8) is 0 Å². The molecule has 1 atom stereocenters. The van der Waals surface area contributed by atoms with Crippen LogP contribution in [0, 0.1) is 5.41 Å². The highest BCUT2D eigenvalue weighted by atomic mass is 19.4. The van der Waals surface area contributed by atoms with Crippen molar-refractivity contribution in [1.29, 1.82) is 0 Å². The number of halogens is 3. The van der Waals surface area contributed by atoms with Crippen LogP contribution in [0.5, 0.6) is 0 Å². The summed E-state index contributed by atoms with van der Waals surface area (Å²) in [4.78, 5) is 14.2. The average molecular weight is 290 g/mol. The van der Waals surface area contributed by atoms with Gasteiger partial charge in [0.2, 0.25) is 5.91 Å². The molecule has 2 heterocycles. The van der Waals surface area contributed by atoms with Crippen molar-refractivity contribution in [2.75, 3.05) is 26.2 Å². The molecule has 0 spiro atoms. The second kappa shape index (κ2) is 5.76. The molecule has 114 valence electrons. The summed E-state index contributed by atoms with van der Waals surface area (Å²) < 4.78 is 37.8. The smallest absolute Gasteiger partial charge is 0.338 e. The summed E-state index contributed by atoms with van der Waals surface area (Å²) in [6, 6.07) is 0. The molecule has 0 radical (unpaired) electrons. The third kappa shape index (κ3) is 3.00. The number of carbonyl (C=O) groups is 1. The zero-order valence-electron chi connectivity index (χ0n) is 11.7. The van der Waals surface area contributed by atoms with Crippen LogP contribution in [0.25, 0.3) is 0 Å². The predicted octanol–water partition coefficient (Wildman–Crippen LogP) is 2.49. The van der Waals surface area contributed by atoms with Gasteiger partial charge in [-0.15, -0.1) is 0 Å². The quantitative estimate of drug-likeness (QED) is 0.810. The van der Waals surface area contributed by atoms with Gasteiger partial charge in [0.05, 0.1) is 5.41 Å². The Kier molecular flexibility index (Phi) is 4.42. The number of amides is 1. The molecule has 0 aliphatic carbocycles. The molecule has 0 aromatic rings. The largest absolute Gasteiger partial charge is 0.412 e. The van der Waals surface area contributed by atoms with Crippen LogP contribution in [0.15, 0.2) is 11.6 Å². The average Bonchev–Trinajstić information content (AvgIpc) is 2.87. The van der Waals surface area contributed by atoms with Crippen molar-refractivity contribution in [3.8, 4) is 0 Å². The normalized spacial score (nSPS) is 27.6. The van der Waals surface area contributed by atoms with E-state index in [1.54, 1.807) is 4.90 Å². The summed E-state index contributed by atoms with van der Waals surface area (Å²) in [5.41, 5.74) is -0.908. The molecule has 0 aromatic heterocycles. The maximum atomic E-state index is 12.6. The number of nitrogens with zero attached hydrogens (tertiary/aromatic N) is 1. The van der Waals surface area contributed by atoms with E-state index in [1.807, 2.05) is 6.92 Å². The van der Waals surface area contributed by atoms with Crippen LogP contribution in [0.4, 0.5) is 13.2 Å². The van der Waals surface area contributed by atoms with E-state index in [4.69, 9.17) is 0 Å². The first-order valence-electron chi connectivity index (χ1n) is 7.15. The highest BCUT2D eigenvalue weighted by Crippen LogP contribution is 2.35. The third-order valence-corrected chi connectivity index (χ3v) is 4.29. The van der Waals surface area contributed by atoms with Gasteiger partial charge in [0.1, 0.15) is 0 Å². The maximum absolute atomic E-state index is 12.6. The van der Waals surface area contributed by atoms with Gasteiger partial charge < -0.3 is 10.2 Å². The molecule has 3 nitrogen and oxygen atoms in total. The first-order chi connectivity index (χ1) is 9.39. The van der Waals surface area contributed by atoms with Gasteiger partial charge in [0, 0.05) is 25.2 Å². The van der Waals surface area contributed by atoms with Crippen molar-refractivity contribution in [3.05, 3.63) is 11.6 Å². The number of hydrogen-bond donors (Lipinski definition) is 1. The molecule has 20 heavy (non-hydrogen) atoms. The van der Waals surface area contributed by atoms with Gasteiger partial charge in [-0.1, -0.05) is 19.4 Å². The Morgan fingerprint density at radius 2 is 2.25 bits per heavy atom. The monoisotopic (exact) mass is 290 g/mol. The van der Waals surface area contributed by atoms with Gasteiger partial charge in [-0.3, -0.25) is 4.79 Å². The van der Waals surface area contributed by atoms with Crippen LogP contribution in [0.1, 0.15) is 32.6 Å². The van der Waals surface area contributed by atoms with Crippen molar-refractivity contribution in [2.24, 2.45) is 5.41 Å². The highest BCUT2D eigenvalue weighted by Gasteiger charge is 2.44. The molecule has 1 unspecified atom stereocenters. The van der Waals surface area contributed by atoms with E-state index < -0.39 is 17.2 Å². The van der Waals surface area contributed by atoms with E-state index >= 15 is 0 Å². The van der Waals surface area contributed by atoms with Gasteiger partial charge >= 0.3 is 6.18 Å². The Balaban J connectivity index is 2.06. The first kappa shape index (κ1) is 15.4. The first-order valence-corrected chi connectivity index (χ1v) is 7.15. The molecule has 2 rings (SSSR count). The summed E-state index contributed by atoms with van der Waals surface area (Å²) in [6.45, 7) is 3.75. The fraction of sp³-hybridized carbons (Fsp3) is 0.786. The Morgan fingerprint density at radius 3 is 2.70 bits per heavy atom. The van der Waals surface area contributed by atoms with Crippen molar-refractivity contribution in [1.82, 2.24) is 10.2 Å². The predicted molar refractivity (Wildman–Crippen MR) is 70.2 cm³/mol. The Hall–Kier alpha value is -1.04. The fourth-order valence-corrected chi connectivity index (χ4v) is 3.17. The second-order valence-electron chi connectivity index (χ2n) is 5.69. The molecule has 1 saturated heterocycles. The molecule has 0 saturated carbocycles. The molecule has 2 aliphatic heterocycles. The maximum Gasteiger partial charge on any atom is 0.412 e. The number of alkyl halides is 3. The molecule has 1 fully saturated rings. The summed E-state index contributed by atoms with van der Waals surface area (Å²) in [5, 5.41) is 3.21. The minimum absolute atomic E-state index is 0.0156. The van der Waals surface area contributed by atoms with Gasteiger partial charge in [0.15, 0.2) is 0 Å². The molecule has 0 bridgehead atoms. The number of hydrogen-bond acceptors (Lipinski definition) is 2. The minimum atomic E-state index is -4.26. The van der Waals surface area contributed by atoms with Crippen LogP contribution in [-0.4, -0.2) is 43.2 Å². The number of carbonyl (C=O) groups excluding carboxylic acids is 1. The summed E-state index contributed by atoms with van der Waals surface area (Å²) >= 11 is 0. The van der Waals surface area contributed by atoms with Gasteiger partial charge in [-0.25, -0.2) is 0 Å². The van der Waals surface area contributed by atoms with Crippen molar-refractivity contribution >= 4 is 5.91 Å². The fourth-order valence-electron chi connectivity index (χ4n) is 3.17. The lowest BCUT2D eigenvalue weighted by molar-refractivity contribution is -0.142. The van der Waals surface area contributed by atoms with Crippen LogP contribution < -0.4 is 5.32 Å². The SMILES string of the molecule is CCCC1(C(=O)N2CC=C(C(F)(F)F)CC2)CCNC1. The molecular weight excluding hydrogens is 269 g/mol. The van der Waals surface area contributed by atoms with E-state index in [2.05, 4.69) is 5.32 Å². The lowest BCUT2D eigenvalue weighted by Crippen LogP contribution is -2.47. The molecule has 1 amide bonds. The summed E-state index contributed by atoms with van der Waals surface area (Å²) in [7, 11) is 0. The number of rotatable bonds is 3. The van der Waals surface area contributed by atoms with Crippen LogP contribution >= 0.6 is 0 Å². The van der Waals surface area contributed by atoms with Crippen molar-refractivity contribution in [2.45, 2.75) is 38.8 Å². The van der Waals surface area contributed by atoms with E-state index in [0.717, 1.165) is 31.9 Å². The molecule has 1 N–H and O–H groups in total. The van der Waals surface area contributed by atoms with Gasteiger partial charge in [-0.2, -0.15) is 13.2 Å². The van der Waals surface area contributed by atoms with Gasteiger partial charge in [0.25, 0.3) is 0 Å². The summed E-state index contributed by atoms with van der Waals surface area (Å²) in [5.74, 6) is 0.0156. The second-order valence-corrected chi connectivity index (χ2v) is 5.69. The Labute approximate surface area is 117 Å². The van der Waals surface area contributed by atoms with E-state index in [1.165, 1.54) is 0 Å². The summed E-state index contributed by atoms with van der Waals surface area (Å²) in [6.07, 6.45) is -0.707. The van der Waals surface area contributed by atoms with E-state index in [-0.39, 0.29) is 25.4 Å².